The van der Waals surface area contributed by atoms with Gasteiger partial charge >= 0.3 is 0 Å². The van der Waals surface area contributed by atoms with E-state index < -0.39 is 0 Å². The third-order valence-corrected chi connectivity index (χ3v) is 3.81. The average Bonchev–Trinajstić information content (AvgIpc) is 2.39. The van der Waals surface area contributed by atoms with Crippen molar-refractivity contribution in [2.45, 2.75) is 39.2 Å². The highest BCUT2D eigenvalue weighted by molar-refractivity contribution is 5.48. The number of anilines is 1. The second-order valence-electron chi connectivity index (χ2n) is 5.19. The highest BCUT2D eigenvalue weighted by atomic mass is 16.3. The quantitative estimate of drug-likeness (QED) is 0.865. The number of hydrogen-bond donors (Lipinski definition) is 1. The van der Waals surface area contributed by atoms with Gasteiger partial charge in [-0.3, -0.25) is 0 Å². The van der Waals surface area contributed by atoms with Gasteiger partial charge in [-0.05, 0) is 42.9 Å². The normalized spacial score (nSPS) is 19.4. The maximum atomic E-state index is 9.75. The molecule has 2 nitrogen and oxygen atoms in total. The molecule has 17 heavy (non-hydrogen) atoms. The highest BCUT2D eigenvalue weighted by Gasteiger charge is 2.16. The van der Waals surface area contributed by atoms with Crippen LogP contribution in [0.2, 0.25) is 0 Å². The van der Waals surface area contributed by atoms with Gasteiger partial charge in [0.15, 0.2) is 0 Å². The molecule has 1 aliphatic heterocycles. The predicted octanol–water partition coefficient (Wildman–Crippen LogP) is 3.37. The van der Waals surface area contributed by atoms with Crippen molar-refractivity contribution in [2.24, 2.45) is 5.92 Å². The molecule has 1 fully saturated rings. The molecule has 0 spiro atoms. The Kier molecular flexibility index (Phi) is 4.06. The van der Waals surface area contributed by atoms with Gasteiger partial charge in [-0.25, -0.2) is 0 Å². The standard InChI is InChI=1S/C15H23NO/c1-3-15(17)13-4-6-14(7-5-13)16-10-8-12(2)9-11-16/h4-7,12,15,17H,3,8-11H2,1-2H3. The summed E-state index contributed by atoms with van der Waals surface area (Å²) in [4.78, 5) is 2.45. The first-order chi connectivity index (χ1) is 8.20. The number of aliphatic hydroxyl groups excluding tert-OH is 1. The lowest BCUT2D eigenvalue weighted by molar-refractivity contribution is 0.173. The molecule has 1 heterocycles. The van der Waals surface area contributed by atoms with Crippen LogP contribution in [0.5, 0.6) is 0 Å². The van der Waals surface area contributed by atoms with Gasteiger partial charge in [0, 0.05) is 18.8 Å². The van der Waals surface area contributed by atoms with E-state index in [2.05, 4.69) is 36.1 Å². The first-order valence-corrected chi connectivity index (χ1v) is 6.73. The molecule has 1 atom stereocenters. The van der Waals surface area contributed by atoms with Crippen molar-refractivity contribution in [3.63, 3.8) is 0 Å². The monoisotopic (exact) mass is 233 g/mol. The maximum absolute atomic E-state index is 9.75. The van der Waals surface area contributed by atoms with Crippen LogP contribution in [-0.2, 0) is 0 Å². The molecular weight excluding hydrogens is 210 g/mol. The zero-order valence-corrected chi connectivity index (χ0v) is 10.9. The van der Waals surface area contributed by atoms with Crippen LogP contribution < -0.4 is 4.90 Å². The Morgan fingerprint density at radius 1 is 1.24 bits per heavy atom. The Bertz CT molecular complexity index is 338. The second-order valence-corrected chi connectivity index (χ2v) is 5.19. The van der Waals surface area contributed by atoms with Gasteiger partial charge in [0.05, 0.1) is 6.10 Å². The molecule has 2 heteroatoms. The molecule has 0 saturated carbocycles. The van der Waals surface area contributed by atoms with Crippen LogP contribution >= 0.6 is 0 Å². The number of hydrogen-bond acceptors (Lipinski definition) is 2. The molecule has 1 unspecified atom stereocenters. The van der Waals surface area contributed by atoms with Crippen LogP contribution in [0.4, 0.5) is 5.69 Å². The average molecular weight is 233 g/mol. The number of aliphatic hydroxyl groups is 1. The lowest BCUT2D eigenvalue weighted by Crippen LogP contribution is -2.32. The van der Waals surface area contributed by atoms with E-state index in [1.807, 2.05) is 6.92 Å². The van der Waals surface area contributed by atoms with Crippen molar-refractivity contribution in [1.82, 2.24) is 0 Å². The maximum Gasteiger partial charge on any atom is 0.0787 e. The summed E-state index contributed by atoms with van der Waals surface area (Å²) in [6, 6.07) is 8.40. The summed E-state index contributed by atoms with van der Waals surface area (Å²) >= 11 is 0. The summed E-state index contributed by atoms with van der Waals surface area (Å²) in [6.45, 7) is 6.66. The van der Waals surface area contributed by atoms with Crippen molar-refractivity contribution in [1.29, 1.82) is 0 Å². The van der Waals surface area contributed by atoms with E-state index in [1.54, 1.807) is 0 Å². The van der Waals surface area contributed by atoms with Crippen LogP contribution in [0, 0.1) is 5.92 Å². The van der Waals surface area contributed by atoms with Gasteiger partial charge in [-0.2, -0.15) is 0 Å². The van der Waals surface area contributed by atoms with E-state index in [1.165, 1.54) is 18.5 Å². The van der Waals surface area contributed by atoms with Crippen LogP contribution in [0.25, 0.3) is 0 Å². The van der Waals surface area contributed by atoms with Crippen LogP contribution in [0.1, 0.15) is 44.8 Å². The Hall–Kier alpha value is -1.02. The minimum atomic E-state index is -0.314. The van der Waals surface area contributed by atoms with Crippen LogP contribution in [-0.4, -0.2) is 18.2 Å². The van der Waals surface area contributed by atoms with Crippen molar-refractivity contribution in [3.05, 3.63) is 29.8 Å². The smallest absolute Gasteiger partial charge is 0.0787 e. The van der Waals surface area contributed by atoms with Crippen molar-refractivity contribution >= 4 is 5.69 Å². The molecule has 0 radical (unpaired) electrons. The number of nitrogens with zero attached hydrogens (tertiary/aromatic N) is 1. The number of benzene rings is 1. The van der Waals surface area contributed by atoms with Gasteiger partial charge < -0.3 is 10.0 Å². The summed E-state index contributed by atoms with van der Waals surface area (Å²) in [5, 5.41) is 9.75. The van der Waals surface area contributed by atoms with E-state index in [0.717, 1.165) is 31.0 Å². The fourth-order valence-electron chi connectivity index (χ4n) is 2.41. The summed E-state index contributed by atoms with van der Waals surface area (Å²) < 4.78 is 0. The summed E-state index contributed by atoms with van der Waals surface area (Å²) in [5.41, 5.74) is 2.32. The molecule has 1 aliphatic rings. The molecule has 1 saturated heterocycles. The molecule has 0 amide bonds. The Morgan fingerprint density at radius 3 is 2.35 bits per heavy atom. The fraction of sp³-hybridized carbons (Fsp3) is 0.600. The topological polar surface area (TPSA) is 23.5 Å². The Balaban J connectivity index is 2.02. The third-order valence-electron chi connectivity index (χ3n) is 3.81. The largest absolute Gasteiger partial charge is 0.388 e. The predicted molar refractivity (Wildman–Crippen MR) is 72.3 cm³/mol. The molecule has 0 bridgehead atoms. The Labute approximate surface area is 104 Å². The van der Waals surface area contributed by atoms with Crippen LogP contribution in [0.15, 0.2) is 24.3 Å². The van der Waals surface area contributed by atoms with Gasteiger partial charge in [0.25, 0.3) is 0 Å². The zero-order valence-electron chi connectivity index (χ0n) is 10.9. The van der Waals surface area contributed by atoms with Crippen molar-refractivity contribution < 1.29 is 5.11 Å². The third kappa shape index (κ3) is 3.01. The van der Waals surface area contributed by atoms with Gasteiger partial charge in [0.2, 0.25) is 0 Å². The van der Waals surface area contributed by atoms with Gasteiger partial charge in [-0.15, -0.1) is 0 Å². The van der Waals surface area contributed by atoms with Gasteiger partial charge in [-0.1, -0.05) is 26.0 Å². The van der Waals surface area contributed by atoms with E-state index in [9.17, 15) is 5.11 Å². The van der Waals surface area contributed by atoms with E-state index in [-0.39, 0.29) is 6.10 Å². The molecule has 1 N–H and O–H groups in total. The van der Waals surface area contributed by atoms with E-state index in [4.69, 9.17) is 0 Å². The molecule has 1 aromatic rings. The summed E-state index contributed by atoms with van der Waals surface area (Å²) in [5.74, 6) is 0.868. The number of rotatable bonds is 3. The van der Waals surface area contributed by atoms with Gasteiger partial charge in [0.1, 0.15) is 0 Å². The minimum Gasteiger partial charge on any atom is -0.388 e. The van der Waals surface area contributed by atoms with E-state index >= 15 is 0 Å². The lowest BCUT2D eigenvalue weighted by atomic mass is 9.98. The summed E-state index contributed by atoms with van der Waals surface area (Å²) in [6.07, 6.45) is 3.05. The molecule has 1 aromatic carbocycles. The fourth-order valence-corrected chi connectivity index (χ4v) is 2.41. The SMILES string of the molecule is CCC(O)c1ccc(N2CCC(C)CC2)cc1. The summed E-state index contributed by atoms with van der Waals surface area (Å²) in [7, 11) is 0. The van der Waals surface area contributed by atoms with Crippen molar-refractivity contribution in [2.75, 3.05) is 18.0 Å². The lowest BCUT2D eigenvalue weighted by Gasteiger charge is -2.32. The molecule has 0 aliphatic carbocycles. The van der Waals surface area contributed by atoms with Crippen LogP contribution in [0.3, 0.4) is 0 Å². The van der Waals surface area contributed by atoms with Crippen molar-refractivity contribution in [3.8, 4) is 0 Å². The van der Waals surface area contributed by atoms with E-state index in [0.29, 0.717) is 0 Å². The Morgan fingerprint density at radius 2 is 1.82 bits per heavy atom. The number of piperidine rings is 1. The molecular formula is C15H23NO. The zero-order chi connectivity index (χ0) is 12.3. The minimum absolute atomic E-state index is 0.314. The molecule has 94 valence electrons. The first-order valence-electron chi connectivity index (χ1n) is 6.73. The molecule has 2 rings (SSSR count). The second kappa shape index (κ2) is 5.54. The molecule has 0 aromatic heterocycles. The first kappa shape index (κ1) is 12.4. The highest BCUT2D eigenvalue weighted by Crippen LogP contribution is 2.25.